The van der Waals surface area contributed by atoms with Crippen molar-refractivity contribution in [3.8, 4) is 0 Å². The van der Waals surface area contributed by atoms with Gasteiger partial charge in [-0.25, -0.2) is 0 Å². The standard InChI is InChI=1S/C16H23NO2/c1-14(2)10-16(18,15(3,4)19-14)13-9-11-7-5-6-8-12(11)17-13/h5-8,13,17-18H,9-10H2,1-4H3. The molecule has 0 aliphatic carbocycles. The zero-order valence-electron chi connectivity index (χ0n) is 12.2. The van der Waals surface area contributed by atoms with Crippen LogP contribution in [0.15, 0.2) is 24.3 Å². The van der Waals surface area contributed by atoms with Crippen LogP contribution in [0, 0.1) is 0 Å². The van der Waals surface area contributed by atoms with Gasteiger partial charge < -0.3 is 15.2 Å². The van der Waals surface area contributed by atoms with Crippen LogP contribution in [0.5, 0.6) is 0 Å². The monoisotopic (exact) mass is 261 g/mol. The maximum Gasteiger partial charge on any atom is 0.116 e. The minimum absolute atomic E-state index is 0.0154. The summed E-state index contributed by atoms with van der Waals surface area (Å²) in [6.45, 7) is 8.09. The van der Waals surface area contributed by atoms with Crippen LogP contribution < -0.4 is 5.32 Å². The lowest BCUT2D eigenvalue weighted by molar-refractivity contribution is -0.131. The van der Waals surface area contributed by atoms with E-state index in [1.807, 2.05) is 26.0 Å². The number of rotatable bonds is 1. The molecule has 19 heavy (non-hydrogen) atoms. The lowest BCUT2D eigenvalue weighted by atomic mass is 9.76. The van der Waals surface area contributed by atoms with Gasteiger partial charge in [0.25, 0.3) is 0 Å². The van der Waals surface area contributed by atoms with Crippen LogP contribution in [0.3, 0.4) is 0 Å². The fourth-order valence-corrected chi connectivity index (χ4v) is 3.81. The number of hydrogen-bond acceptors (Lipinski definition) is 3. The van der Waals surface area contributed by atoms with Crippen molar-refractivity contribution in [1.29, 1.82) is 0 Å². The number of ether oxygens (including phenoxy) is 1. The zero-order valence-corrected chi connectivity index (χ0v) is 12.2. The van der Waals surface area contributed by atoms with E-state index in [-0.39, 0.29) is 11.6 Å². The Bertz CT molecular complexity index is 484. The van der Waals surface area contributed by atoms with Crippen LogP contribution in [-0.4, -0.2) is 28.0 Å². The summed E-state index contributed by atoms with van der Waals surface area (Å²) in [4.78, 5) is 0. The molecule has 0 radical (unpaired) electrons. The molecule has 104 valence electrons. The molecule has 0 aromatic heterocycles. The van der Waals surface area contributed by atoms with E-state index in [0.29, 0.717) is 6.42 Å². The van der Waals surface area contributed by atoms with E-state index in [1.165, 1.54) is 5.56 Å². The maximum atomic E-state index is 11.2. The van der Waals surface area contributed by atoms with Crippen LogP contribution in [0.2, 0.25) is 0 Å². The third kappa shape index (κ3) is 1.87. The second-order valence-electron chi connectivity index (χ2n) is 7.03. The van der Waals surface area contributed by atoms with Crippen LogP contribution in [0.25, 0.3) is 0 Å². The molecule has 2 aliphatic heterocycles. The van der Waals surface area contributed by atoms with Gasteiger partial charge in [-0.3, -0.25) is 0 Å². The van der Waals surface area contributed by atoms with Crippen molar-refractivity contribution in [3.63, 3.8) is 0 Å². The summed E-state index contributed by atoms with van der Waals surface area (Å²) in [6, 6.07) is 8.29. The fraction of sp³-hybridized carbons (Fsp3) is 0.625. The molecule has 2 atom stereocenters. The highest BCUT2D eigenvalue weighted by Gasteiger charge is 2.60. The molecule has 2 heterocycles. The molecule has 3 nitrogen and oxygen atoms in total. The molecule has 0 amide bonds. The highest BCUT2D eigenvalue weighted by Crippen LogP contribution is 2.49. The highest BCUT2D eigenvalue weighted by molar-refractivity contribution is 5.57. The van der Waals surface area contributed by atoms with Gasteiger partial charge in [0.05, 0.1) is 17.2 Å². The second-order valence-corrected chi connectivity index (χ2v) is 7.03. The van der Waals surface area contributed by atoms with Crippen molar-refractivity contribution in [2.24, 2.45) is 0 Å². The topological polar surface area (TPSA) is 41.5 Å². The van der Waals surface area contributed by atoms with E-state index in [1.54, 1.807) is 0 Å². The zero-order chi connectivity index (χ0) is 13.9. The number of para-hydroxylation sites is 1. The Morgan fingerprint density at radius 2 is 1.89 bits per heavy atom. The van der Waals surface area contributed by atoms with Crippen LogP contribution >= 0.6 is 0 Å². The van der Waals surface area contributed by atoms with Gasteiger partial charge in [0.2, 0.25) is 0 Å². The third-order valence-electron chi connectivity index (χ3n) is 4.62. The highest BCUT2D eigenvalue weighted by atomic mass is 16.5. The molecule has 2 aliphatic rings. The summed E-state index contributed by atoms with van der Waals surface area (Å²) >= 11 is 0. The van der Waals surface area contributed by atoms with Crippen molar-refractivity contribution < 1.29 is 9.84 Å². The second kappa shape index (κ2) is 3.74. The smallest absolute Gasteiger partial charge is 0.116 e. The first-order chi connectivity index (χ1) is 8.74. The number of benzene rings is 1. The minimum Gasteiger partial charge on any atom is -0.385 e. The van der Waals surface area contributed by atoms with Crippen molar-refractivity contribution >= 4 is 5.69 Å². The molecule has 3 heteroatoms. The van der Waals surface area contributed by atoms with Crippen LogP contribution in [-0.2, 0) is 11.2 Å². The summed E-state index contributed by atoms with van der Waals surface area (Å²) in [5, 5.41) is 14.7. The van der Waals surface area contributed by atoms with E-state index in [0.717, 1.165) is 12.1 Å². The quantitative estimate of drug-likeness (QED) is 0.816. The average molecular weight is 261 g/mol. The van der Waals surface area contributed by atoms with Gasteiger partial charge in [-0.15, -0.1) is 0 Å². The number of nitrogens with one attached hydrogen (secondary N) is 1. The minimum atomic E-state index is -0.852. The molecule has 2 unspecified atom stereocenters. The predicted molar refractivity (Wildman–Crippen MR) is 76.4 cm³/mol. The molecule has 1 saturated heterocycles. The van der Waals surface area contributed by atoms with Gasteiger partial charge in [0.15, 0.2) is 0 Å². The van der Waals surface area contributed by atoms with Gasteiger partial charge in [-0.2, -0.15) is 0 Å². The summed E-state index contributed by atoms with van der Waals surface area (Å²) < 4.78 is 6.07. The van der Waals surface area contributed by atoms with Crippen molar-refractivity contribution in [2.75, 3.05) is 5.32 Å². The van der Waals surface area contributed by atoms with Crippen molar-refractivity contribution in [3.05, 3.63) is 29.8 Å². The molecule has 0 bridgehead atoms. The lowest BCUT2D eigenvalue weighted by Crippen LogP contribution is -2.57. The number of hydrogen-bond donors (Lipinski definition) is 2. The summed E-state index contributed by atoms with van der Waals surface area (Å²) in [5.74, 6) is 0. The van der Waals surface area contributed by atoms with Gasteiger partial charge in [-0.1, -0.05) is 18.2 Å². The largest absolute Gasteiger partial charge is 0.385 e. The average Bonchev–Trinajstić information content (AvgIpc) is 2.76. The molecular formula is C16H23NO2. The van der Waals surface area contributed by atoms with Crippen molar-refractivity contribution in [2.45, 2.75) is 63.4 Å². The third-order valence-corrected chi connectivity index (χ3v) is 4.62. The number of aliphatic hydroxyl groups is 1. The van der Waals surface area contributed by atoms with E-state index in [4.69, 9.17) is 4.74 Å². The molecule has 3 rings (SSSR count). The predicted octanol–water partition coefficient (Wildman–Crippen LogP) is 2.73. The first-order valence-electron chi connectivity index (χ1n) is 7.01. The first kappa shape index (κ1) is 12.9. The Labute approximate surface area is 115 Å². The maximum absolute atomic E-state index is 11.2. The molecule has 1 aromatic carbocycles. The fourth-order valence-electron chi connectivity index (χ4n) is 3.81. The Morgan fingerprint density at radius 3 is 2.47 bits per heavy atom. The van der Waals surface area contributed by atoms with Gasteiger partial charge in [-0.05, 0) is 45.7 Å². The Kier molecular flexibility index (Phi) is 2.55. The normalized spacial score (nSPS) is 34.9. The summed E-state index contributed by atoms with van der Waals surface area (Å²) in [6.07, 6.45) is 1.51. The molecule has 2 N–H and O–H groups in total. The SMILES string of the molecule is CC1(C)CC(O)(C2Cc3ccccc3N2)C(C)(C)O1. The molecule has 1 aromatic rings. The number of fused-ring (bicyclic) bond motifs is 1. The van der Waals surface area contributed by atoms with Crippen molar-refractivity contribution in [1.82, 2.24) is 0 Å². The lowest BCUT2D eigenvalue weighted by Gasteiger charge is -2.39. The Balaban J connectivity index is 1.92. The van der Waals surface area contributed by atoms with E-state index >= 15 is 0 Å². The summed E-state index contributed by atoms with van der Waals surface area (Å²) in [5.41, 5.74) is 0.739. The van der Waals surface area contributed by atoms with Gasteiger partial charge in [0, 0.05) is 12.1 Å². The van der Waals surface area contributed by atoms with Crippen LogP contribution in [0.1, 0.15) is 39.7 Å². The van der Waals surface area contributed by atoms with E-state index in [2.05, 4.69) is 31.3 Å². The molecule has 0 saturated carbocycles. The Hall–Kier alpha value is -1.06. The van der Waals surface area contributed by atoms with Gasteiger partial charge >= 0.3 is 0 Å². The first-order valence-corrected chi connectivity index (χ1v) is 7.01. The van der Waals surface area contributed by atoms with E-state index in [9.17, 15) is 5.11 Å². The van der Waals surface area contributed by atoms with Crippen LogP contribution in [0.4, 0.5) is 5.69 Å². The molecule has 0 spiro atoms. The molecule has 1 fully saturated rings. The van der Waals surface area contributed by atoms with Gasteiger partial charge in [0.1, 0.15) is 5.60 Å². The molecular weight excluding hydrogens is 238 g/mol. The Morgan fingerprint density at radius 1 is 1.21 bits per heavy atom. The number of anilines is 1. The summed E-state index contributed by atoms with van der Waals surface area (Å²) in [7, 11) is 0. The van der Waals surface area contributed by atoms with E-state index < -0.39 is 11.2 Å².